The van der Waals surface area contributed by atoms with Gasteiger partial charge < -0.3 is 14.6 Å². The van der Waals surface area contributed by atoms with Gasteiger partial charge in [-0.1, -0.05) is 48.0 Å². The molecule has 2 aliphatic rings. The molecule has 0 saturated heterocycles. The number of phenols is 1. The molecule has 0 radical (unpaired) electrons. The molecule has 2 N–H and O–H groups in total. The van der Waals surface area contributed by atoms with Gasteiger partial charge in [-0.25, -0.2) is 4.79 Å². The lowest BCUT2D eigenvalue weighted by Crippen LogP contribution is -2.05. The number of carbonyl (C=O) groups is 1. The lowest BCUT2D eigenvalue weighted by atomic mass is 9.90. The standard InChI is InChI=1S/C27H16ClNO5/c28-21-12-19-24(13-23(21)31)34-26-18(25(19)16-8-4-5-9-17(16)27(32)33)10-11-22(30)20(26)14-29-15-6-2-1-3-7-15/h1-14,30H,(H,32,33)/b29-14+. The van der Waals surface area contributed by atoms with E-state index in [1.54, 1.807) is 24.3 Å². The molecule has 0 fully saturated rings. The van der Waals surface area contributed by atoms with E-state index in [1.165, 1.54) is 30.5 Å². The van der Waals surface area contributed by atoms with Gasteiger partial charge in [0.2, 0.25) is 5.43 Å². The van der Waals surface area contributed by atoms with Crippen LogP contribution in [0.25, 0.3) is 33.4 Å². The summed E-state index contributed by atoms with van der Waals surface area (Å²) < 4.78 is 6.09. The predicted molar refractivity (Wildman–Crippen MR) is 132 cm³/mol. The number of carboxylic acid groups (broad SMARTS) is 1. The van der Waals surface area contributed by atoms with Crippen molar-refractivity contribution in [1.82, 2.24) is 0 Å². The third kappa shape index (κ3) is 3.70. The van der Waals surface area contributed by atoms with Crippen LogP contribution in [0.3, 0.4) is 0 Å². The molecule has 166 valence electrons. The fourth-order valence-electron chi connectivity index (χ4n) is 3.92. The van der Waals surface area contributed by atoms with Gasteiger partial charge in [0.25, 0.3) is 0 Å². The normalized spacial score (nSPS) is 11.4. The van der Waals surface area contributed by atoms with Gasteiger partial charge in [0.15, 0.2) is 0 Å². The second kappa shape index (κ2) is 8.50. The van der Waals surface area contributed by atoms with E-state index in [0.717, 1.165) is 0 Å². The number of halogens is 1. The number of fused-ring (bicyclic) bond motifs is 2. The molecular formula is C27H16ClNO5. The molecule has 1 aliphatic heterocycles. The number of rotatable bonds is 4. The van der Waals surface area contributed by atoms with Crippen LogP contribution in [0.4, 0.5) is 5.69 Å². The molecule has 0 aromatic heterocycles. The van der Waals surface area contributed by atoms with Crippen LogP contribution >= 0.6 is 11.6 Å². The maximum Gasteiger partial charge on any atom is 0.336 e. The van der Waals surface area contributed by atoms with E-state index in [-0.39, 0.29) is 27.7 Å². The minimum Gasteiger partial charge on any atom is -0.507 e. The number of hydrogen-bond acceptors (Lipinski definition) is 5. The smallest absolute Gasteiger partial charge is 0.336 e. The van der Waals surface area contributed by atoms with Crippen LogP contribution in [0.1, 0.15) is 15.9 Å². The van der Waals surface area contributed by atoms with E-state index in [9.17, 15) is 19.8 Å². The van der Waals surface area contributed by atoms with Gasteiger partial charge in [-0.3, -0.25) is 9.79 Å². The molecule has 0 unspecified atom stereocenters. The quantitative estimate of drug-likeness (QED) is 0.235. The molecule has 3 aromatic carbocycles. The lowest BCUT2D eigenvalue weighted by molar-refractivity contribution is 0.0697. The highest BCUT2D eigenvalue weighted by atomic mass is 35.5. The van der Waals surface area contributed by atoms with Crippen LogP contribution in [-0.2, 0) is 0 Å². The molecule has 3 aromatic rings. The zero-order valence-electron chi connectivity index (χ0n) is 17.5. The number of aromatic hydroxyl groups is 1. The fraction of sp³-hybridized carbons (Fsp3) is 0. The third-order valence-electron chi connectivity index (χ3n) is 5.48. The van der Waals surface area contributed by atoms with Crippen LogP contribution < -0.4 is 5.43 Å². The van der Waals surface area contributed by atoms with Crippen LogP contribution in [0.5, 0.6) is 5.75 Å². The Morgan fingerprint density at radius 1 is 0.941 bits per heavy atom. The first kappa shape index (κ1) is 21.4. The van der Waals surface area contributed by atoms with Crippen LogP contribution in [0.15, 0.2) is 93.1 Å². The highest BCUT2D eigenvalue weighted by Gasteiger charge is 2.24. The van der Waals surface area contributed by atoms with Gasteiger partial charge in [-0.15, -0.1) is 0 Å². The monoisotopic (exact) mass is 469 g/mol. The van der Waals surface area contributed by atoms with E-state index < -0.39 is 11.4 Å². The Morgan fingerprint density at radius 2 is 1.68 bits per heavy atom. The third-order valence-corrected chi connectivity index (χ3v) is 5.78. The fourth-order valence-corrected chi connectivity index (χ4v) is 4.08. The maximum absolute atomic E-state index is 12.3. The first-order valence-corrected chi connectivity index (χ1v) is 10.7. The van der Waals surface area contributed by atoms with E-state index in [2.05, 4.69) is 4.99 Å². The largest absolute Gasteiger partial charge is 0.507 e. The molecule has 0 spiro atoms. The van der Waals surface area contributed by atoms with E-state index in [4.69, 9.17) is 16.0 Å². The Morgan fingerprint density at radius 3 is 2.44 bits per heavy atom. The number of nitrogens with zero attached hydrogens (tertiary/aromatic N) is 1. The summed E-state index contributed by atoms with van der Waals surface area (Å²) >= 11 is 6.14. The minimum atomic E-state index is -1.10. The van der Waals surface area contributed by atoms with Gasteiger partial charge in [0.1, 0.15) is 17.1 Å². The number of benzene rings is 4. The summed E-state index contributed by atoms with van der Waals surface area (Å²) in [5.41, 5.74) is 2.27. The first-order chi connectivity index (χ1) is 16.4. The Bertz CT molecular complexity index is 1620. The lowest BCUT2D eigenvalue weighted by Gasteiger charge is -2.18. The van der Waals surface area contributed by atoms with Gasteiger partial charge in [0, 0.05) is 28.8 Å². The molecule has 34 heavy (non-hydrogen) atoms. The van der Waals surface area contributed by atoms with Crippen molar-refractivity contribution in [3.05, 3.63) is 105 Å². The average molecular weight is 470 g/mol. The summed E-state index contributed by atoms with van der Waals surface area (Å²) in [5.74, 6) is -0.977. The number of phenolic OH excluding ortho intramolecular Hbond substituents is 1. The molecule has 1 heterocycles. The number of carboxylic acids is 1. The van der Waals surface area contributed by atoms with Crippen LogP contribution in [-0.4, -0.2) is 22.4 Å². The highest BCUT2D eigenvalue weighted by Crippen LogP contribution is 2.43. The summed E-state index contributed by atoms with van der Waals surface area (Å²) in [7, 11) is 0. The second-order valence-corrected chi connectivity index (χ2v) is 7.98. The average Bonchev–Trinajstić information content (AvgIpc) is 2.84. The van der Waals surface area contributed by atoms with Gasteiger partial charge in [-0.2, -0.15) is 0 Å². The van der Waals surface area contributed by atoms with Crippen LogP contribution in [0, 0.1) is 0 Å². The Labute approximate surface area is 198 Å². The Hall–Kier alpha value is -4.42. The Kier molecular flexibility index (Phi) is 5.36. The van der Waals surface area contributed by atoms with E-state index >= 15 is 0 Å². The Balaban J connectivity index is 1.91. The minimum absolute atomic E-state index is 0.0132. The zero-order chi connectivity index (χ0) is 23.8. The zero-order valence-corrected chi connectivity index (χ0v) is 18.3. The molecule has 0 amide bonds. The van der Waals surface area contributed by atoms with Crippen molar-refractivity contribution in [1.29, 1.82) is 0 Å². The van der Waals surface area contributed by atoms with Crippen LogP contribution in [0.2, 0.25) is 5.02 Å². The van der Waals surface area contributed by atoms with Gasteiger partial charge >= 0.3 is 5.97 Å². The summed E-state index contributed by atoms with van der Waals surface area (Å²) in [4.78, 5) is 28.7. The highest BCUT2D eigenvalue weighted by molar-refractivity contribution is 6.31. The van der Waals surface area contributed by atoms with Gasteiger partial charge in [0.05, 0.1) is 21.8 Å². The summed E-state index contributed by atoms with van der Waals surface area (Å²) in [6.07, 6.45) is 1.48. The van der Waals surface area contributed by atoms with Crippen molar-refractivity contribution < 1.29 is 19.4 Å². The molecule has 0 atom stereocenters. The molecule has 1 aliphatic carbocycles. The summed E-state index contributed by atoms with van der Waals surface area (Å²) in [5, 5.41) is 21.0. The van der Waals surface area contributed by atoms with E-state index in [0.29, 0.717) is 33.3 Å². The molecule has 7 heteroatoms. The van der Waals surface area contributed by atoms with Crippen molar-refractivity contribution in [3.8, 4) is 28.2 Å². The van der Waals surface area contributed by atoms with Crippen molar-refractivity contribution >= 4 is 40.4 Å². The van der Waals surface area contributed by atoms with E-state index in [1.807, 2.05) is 30.3 Å². The topological polar surface area (TPSA) is 100 Å². The molecule has 0 saturated carbocycles. The number of aliphatic imine (C=N–C) groups is 1. The molecule has 6 nitrogen and oxygen atoms in total. The second-order valence-electron chi connectivity index (χ2n) is 7.58. The predicted octanol–water partition coefficient (Wildman–Crippen LogP) is 6.37. The summed E-state index contributed by atoms with van der Waals surface area (Å²) in [6.45, 7) is 0. The van der Waals surface area contributed by atoms with Crippen molar-refractivity contribution in [2.24, 2.45) is 4.99 Å². The molecule has 0 bridgehead atoms. The van der Waals surface area contributed by atoms with Gasteiger partial charge in [-0.05, 0) is 42.0 Å². The van der Waals surface area contributed by atoms with Crippen molar-refractivity contribution in [2.75, 3.05) is 0 Å². The first-order valence-electron chi connectivity index (χ1n) is 10.3. The van der Waals surface area contributed by atoms with Crippen molar-refractivity contribution in [3.63, 3.8) is 0 Å². The number of hydrogen-bond donors (Lipinski definition) is 2. The SMILES string of the molecule is O=C(O)c1ccccc1-c1c2cc(Cl)c(=O)cc-2oc2c(/C=N/c3ccccc3)c(O)ccc12. The number of para-hydroxylation sites is 1. The summed E-state index contributed by atoms with van der Waals surface area (Å²) in [6, 6.07) is 21.6. The van der Waals surface area contributed by atoms with Crippen molar-refractivity contribution in [2.45, 2.75) is 0 Å². The molecular weight excluding hydrogens is 454 g/mol. The maximum atomic E-state index is 12.3. The molecule has 5 rings (SSSR count). The number of aromatic carboxylic acids is 1.